The van der Waals surface area contributed by atoms with Gasteiger partial charge in [-0.05, 0) is 56.6 Å². The van der Waals surface area contributed by atoms with Gasteiger partial charge in [-0.3, -0.25) is 9.59 Å². The summed E-state index contributed by atoms with van der Waals surface area (Å²) in [6, 6.07) is 7.59. The average molecular weight is 324 g/mol. The molecule has 0 bridgehead atoms. The van der Waals surface area contributed by atoms with E-state index >= 15 is 0 Å². The van der Waals surface area contributed by atoms with Crippen LogP contribution in [0.1, 0.15) is 36.0 Å². The number of hydrogen-bond donors (Lipinski definition) is 2. The number of carbonyl (C=O) groups excluding carboxylic acids is 2. The zero-order valence-electron chi connectivity index (χ0n) is 12.5. The first-order valence-corrected chi connectivity index (χ1v) is 7.66. The first-order chi connectivity index (χ1) is 10.2. The maximum absolute atomic E-state index is 12.2. The minimum absolute atomic E-state index is 0. The Kier molecular flexibility index (Phi) is 5.80. The highest BCUT2D eigenvalue weighted by Gasteiger charge is 2.22. The van der Waals surface area contributed by atoms with Gasteiger partial charge >= 0.3 is 0 Å². The van der Waals surface area contributed by atoms with E-state index in [2.05, 4.69) is 10.6 Å². The molecule has 2 aliphatic rings. The molecule has 0 atom stereocenters. The minimum atomic E-state index is -0.0267. The summed E-state index contributed by atoms with van der Waals surface area (Å²) < 4.78 is 0. The van der Waals surface area contributed by atoms with Crippen LogP contribution in [0.25, 0.3) is 0 Å². The van der Waals surface area contributed by atoms with Crippen molar-refractivity contribution in [3.8, 4) is 0 Å². The average Bonchev–Trinajstić information content (AvgIpc) is 2.94. The Morgan fingerprint density at radius 2 is 1.86 bits per heavy atom. The Hall–Kier alpha value is -1.59. The van der Waals surface area contributed by atoms with E-state index in [1.807, 2.05) is 12.1 Å². The zero-order valence-corrected chi connectivity index (χ0v) is 13.3. The molecule has 0 saturated carbocycles. The first kappa shape index (κ1) is 16.8. The van der Waals surface area contributed by atoms with Gasteiger partial charge in [-0.15, -0.1) is 12.4 Å². The Balaban J connectivity index is 0.00000176. The lowest BCUT2D eigenvalue weighted by Crippen LogP contribution is -2.42. The maximum atomic E-state index is 12.2. The standard InChI is InChI=1S/C16H21N3O2.ClH/c20-15-2-1-11-19(15)14-5-3-12(4-6-14)16(21)18-13-7-9-17-10-8-13;/h3-6,13,17H,1-2,7-11H2,(H,18,21);1H. The molecule has 1 aromatic carbocycles. The molecule has 2 saturated heterocycles. The number of piperidine rings is 1. The summed E-state index contributed by atoms with van der Waals surface area (Å²) >= 11 is 0. The molecule has 5 nitrogen and oxygen atoms in total. The fourth-order valence-electron chi connectivity index (χ4n) is 2.95. The van der Waals surface area contributed by atoms with Gasteiger partial charge in [0, 0.05) is 30.3 Å². The van der Waals surface area contributed by atoms with Gasteiger partial charge in [0.15, 0.2) is 0 Å². The molecule has 120 valence electrons. The molecule has 6 heteroatoms. The molecule has 0 unspecified atom stereocenters. The van der Waals surface area contributed by atoms with Crippen LogP contribution in [0.4, 0.5) is 5.69 Å². The van der Waals surface area contributed by atoms with E-state index in [9.17, 15) is 9.59 Å². The lowest BCUT2D eigenvalue weighted by Gasteiger charge is -2.23. The van der Waals surface area contributed by atoms with Gasteiger partial charge in [0.25, 0.3) is 5.91 Å². The normalized spacial score (nSPS) is 18.9. The Labute approximate surface area is 136 Å². The quantitative estimate of drug-likeness (QED) is 0.890. The lowest BCUT2D eigenvalue weighted by molar-refractivity contribution is -0.117. The van der Waals surface area contributed by atoms with Crippen molar-refractivity contribution in [3.63, 3.8) is 0 Å². The molecule has 3 rings (SSSR count). The van der Waals surface area contributed by atoms with Crippen LogP contribution in [0.5, 0.6) is 0 Å². The van der Waals surface area contributed by atoms with Crippen molar-refractivity contribution in [3.05, 3.63) is 29.8 Å². The number of benzene rings is 1. The third kappa shape index (κ3) is 3.78. The number of anilines is 1. The number of halogens is 1. The highest BCUT2D eigenvalue weighted by atomic mass is 35.5. The van der Waals surface area contributed by atoms with Crippen LogP contribution in [0.3, 0.4) is 0 Å². The third-order valence-corrected chi connectivity index (χ3v) is 4.19. The number of amides is 2. The van der Waals surface area contributed by atoms with Gasteiger partial charge in [0.05, 0.1) is 0 Å². The van der Waals surface area contributed by atoms with Crippen molar-refractivity contribution in [1.29, 1.82) is 0 Å². The summed E-state index contributed by atoms with van der Waals surface area (Å²) in [5.74, 6) is 0.142. The molecule has 0 spiro atoms. The van der Waals surface area contributed by atoms with Crippen molar-refractivity contribution < 1.29 is 9.59 Å². The van der Waals surface area contributed by atoms with Crippen molar-refractivity contribution in [2.45, 2.75) is 31.7 Å². The Morgan fingerprint density at radius 1 is 1.18 bits per heavy atom. The van der Waals surface area contributed by atoms with Crippen LogP contribution in [-0.2, 0) is 4.79 Å². The molecule has 2 fully saturated rings. The zero-order chi connectivity index (χ0) is 14.7. The van der Waals surface area contributed by atoms with Gasteiger partial charge in [-0.2, -0.15) is 0 Å². The highest BCUT2D eigenvalue weighted by molar-refractivity contribution is 5.97. The van der Waals surface area contributed by atoms with E-state index in [4.69, 9.17) is 0 Å². The number of nitrogens with zero attached hydrogens (tertiary/aromatic N) is 1. The van der Waals surface area contributed by atoms with Gasteiger partial charge < -0.3 is 15.5 Å². The summed E-state index contributed by atoms with van der Waals surface area (Å²) in [7, 11) is 0. The van der Waals surface area contributed by atoms with E-state index in [0.29, 0.717) is 12.0 Å². The van der Waals surface area contributed by atoms with Gasteiger partial charge in [-0.25, -0.2) is 0 Å². The van der Waals surface area contributed by atoms with E-state index < -0.39 is 0 Å². The minimum Gasteiger partial charge on any atom is -0.349 e. The van der Waals surface area contributed by atoms with Crippen LogP contribution in [0, 0.1) is 0 Å². The fourth-order valence-corrected chi connectivity index (χ4v) is 2.95. The number of hydrogen-bond acceptors (Lipinski definition) is 3. The summed E-state index contributed by atoms with van der Waals surface area (Å²) in [4.78, 5) is 25.7. The topological polar surface area (TPSA) is 61.4 Å². The molecule has 2 aliphatic heterocycles. The highest BCUT2D eigenvalue weighted by Crippen LogP contribution is 2.21. The number of rotatable bonds is 3. The predicted octanol–water partition coefficient (Wildman–Crippen LogP) is 1.72. The smallest absolute Gasteiger partial charge is 0.251 e. The van der Waals surface area contributed by atoms with Crippen molar-refractivity contribution in [2.24, 2.45) is 0 Å². The monoisotopic (exact) mass is 323 g/mol. The number of carbonyl (C=O) groups is 2. The van der Waals surface area contributed by atoms with E-state index in [0.717, 1.165) is 44.6 Å². The van der Waals surface area contributed by atoms with E-state index in [1.54, 1.807) is 17.0 Å². The molecule has 22 heavy (non-hydrogen) atoms. The van der Waals surface area contributed by atoms with E-state index in [-0.39, 0.29) is 30.3 Å². The molecule has 1 aromatic rings. The fraction of sp³-hybridized carbons (Fsp3) is 0.500. The maximum Gasteiger partial charge on any atom is 0.251 e. The predicted molar refractivity (Wildman–Crippen MR) is 88.6 cm³/mol. The Morgan fingerprint density at radius 3 is 2.45 bits per heavy atom. The SMILES string of the molecule is Cl.O=C(NC1CCNCC1)c1ccc(N2CCCC2=O)cc1. The molecule has 2 N–H and O–H groups in total. The lowest BCUT2D eigenvalue weighted by atomic mass is 10.1. The summed E-state index contributed by atoms with van der Waals surface area (Å²) in [6.07, 6.45) is 3.49. The van der Waals surface area contributed by atoms with Crippen LogP contribution >= 0.6 is 12.4 Å². The summed E-state index contributed by atoms with van der Waals surface area (Å²) in [5.41, 5.74) is 1.54. The molecule has 0 aromatic heterocycles. The molecule has 0 radical (unpaired) electrons. The summed E-state index contributed by atoms with van der Waals surface area (Å²) in [6.45, 7) is 2.70. The van der Waals surface area contributed by atoms with Crippen LogP contribution in [0.15, 0.2) is 24.3 Å². The van der Waals surface area contributed by atoms with Gasteiger partial charge in [0.1, 0.15) is 0 Å². The second kappa shape index (κ2) is 7.61. The van der Waals surface area contributed by atoms with Crippen molar-refractivity contribution in [1.82, 2.24) is 10.6 Å². The Bertz CT molecular complexity index is 527. The molecular formula is C16H22ClN3O2. The van der Waals surface area contributed by atoms with Crippen LogP contribution in [0.2, 0.25) is 0 Å². The van der Waals surface area contributed by atoms with E-state index in [1.165, 1.54) is 0 Å². The molecule has 0 aliphatic carbocycles. The number of nitrogens with one attached hydrogen (secondary N) is 2. The summed E-state index contributed by atoms with van der Waals surface area (Å²) in [5, 5.41) is 6.36. The second-order valence-electron chi connectivity index (χ2n) is 5.69. The largest absolute Gasteiger partial charge is 0.349 e. The van der Waals surface area contributed by atoms with Crippen molar-refractivity contribution in [2.75, 3.05) is 24.5 Å². The van der Waals surface area contributed by atoms with Crippen LogP contribution < -0.4 is 15.5 Å². The molecule has 2 amide bonds. The molecule has 2 heterocycles. The third-order valence-electron chi connectivity index (χ3n) is 4.19. The van der Waals surface area contributed by atoms with Gasteiger partial charge in [0.2, 0.25) is 5.91 Å². The second-order valence-corrected chi connectivity index (χ2v) is 5.69. The van der Waals surface area contributed by atoms with Gasteiger partial charge in [-0.1, -0.05) is 0 Å². The van der Waals surface area contributed by atoms with Crippen molar-refractivity contribution >= 4 is 29.9 Å². The molecular weight excluding hydrogens is 302 g/mol. The first-order valence-electron chi connectivity index (χ1n) is 7.66. The van der Waals surface area contributed by atoms with Crippen LogP contribution in [-0.4, -0.2) is 37.5 Å².